The summed E-state index contributed by atoms with van der Waals surface area (Å²) in [4.78, 5) is 0. The Kier molecular flexibility index (Phi) is 4.35. The molecule has 2 nitrogen and oxygen atoms in total. The third-order valence-electron chi connectivity index (χ3n) is 5.23. The molecule has 2 heterocycles. The monoisotopic (exact) mass is 370 g/mol. The molecule has 25 heavy (non-hydrogen) atoms. The number of nitrogens with one attached hydrogen (secondary N) is 1. The third-order valence-corrected chi connectivity index (χ3v) is 5.93. The second-order valence-corrected chi connectivity index (χ2v) is 7.65. The smallest absolute Gasteiger partial charge is 0.0515 e. The predicted octanol–water partition coefficient (Wildman–Crippen LogP) is 6.26. The van der Waals surface area contributed by atoms with Crippen molar-refractivity contribution in [3.05, 3.63) is 69.3 Å². The summed E-state index contributed by atoms with van der Waals surface area (Å²) in [5.74, 6) is -0.0190. The van der Waals surface area contributed by atoms with Gasteiger partial charge in [-0.2, -0.15) is 0 Å². The van der Waals surface area contributed by atoms with E-state index in [1.165, 1.54) is 28.5 Å². The van der Waals surface area contributed by atoms with Crippen molar-refractivity contribution in [1.29, 1.82) is 5.41 Å². The predicted molar refractivity (Wildman–Crippen MR) is 107 cm³/mol. The van der Waals surface area contributed by atoms with E-state index in [4.69, 9.17) is 28.6 Å². The molecule has 0 fully saturated rings. The molecule has 0 radical (unpaired) electrons. The van der Waals surface area contributed by atoms with E-state index in [0.29, 0.717) is 22.2 Å². The molecule has 0 saturated carbocycles. The van der Waals surface area contributed by atoms with Crippen molar-refractivity contribution in [1.82, 2.24) is 4.57 Å². The molecule has 0 aliphatic carbocycles. The Morgan fingerprint density at radius 2 is 1.88 bits per heavy atom. The van der Waals surface area contributed by atoms with Gasteiger partial charge in [0, 0.05) is 39.8 Å². The number of hydrogen-bond acceptors (Lipinski definition) is 1. The van der Waals surface area contributed by atoms with Crippen molar-refractivity contribution in [2.24, 2.45) is 0 Å². The Bertz CT molecular complexity index is 951. The van der Waals surface area contributed by atoms with Gasteiger partial charge in [0.1, 0.15) is 0 Å². The Morgan fingerprint density at radius 3 is 2.60 bits per heavy atom. The van der Waals surface area contributed by atoms with Crippen molar-refractivity contribution in [3.8, 4) is 0 Å². The van der Waals surface area contributed by atoms with Gasteiger partial charge in [0.15, 0.2) is 0 Å². The first-order valence-electron chi connectivity index (χ1n) is 8.65. The first-order chi connectivity index (χ1) is 12.1. The third kappa shape index (κ3) is 2.88. The maximum Gasteiger partial charge on any atom is 0.0515 e. The van der Waals surface area contributed by atoms with Gasteiger partial charge in [0.2, 0.25) is 0 Å². The topological polar surface area (TPSA) is 28.8 Å². The van der Waals surface area contributed by atoms with Crippen LogP contribution in [0.25, 0.3) is 10.9 Å². The number of rotatable bonds is 4. The van der Waals surface area contributed by atoms with E-state index in [1.54, 1.807) is 0 Å². The van der Waals surface area contributed by atoms with Crippen LogP contribution in [0.4, 0.5) is 0 Å². The van der Waals surface area contributed by atoms with Gasteiger partial charge in [-0.15, -0.1) is 0 Å². The van der Waals surface area contributed by atoms with Gasteiger partial charge in [0.05, 0.1) is 5.52 Å². The Balaban J connectivity index is 1.85. The van der Waals surface area contributed by atoms with Crippen LogP contribution in [0.1, 0.15) is 36.0 Å². The highest BCUT2D eigenvalue weighted by atomic mass is 35.5. The lowest BCUT2D eigenvalue weighted by Crippen LogP contribution is -2.12. The van der Waals surface area contributed by atoms with Gasteiger partial charge in [-0.05, 0) is 55.0 Å². The minimum Gasteiger partial charge on any atom is -0.347 e. The zero-order chi connectivity index (χ0) is 17.6. The van der Waals surface area contributed by atoms with Gasteiger partial charge >= 0.3 is 0 Å². The van der Waals surface area contributed by atoms with E-state index in [2.05, 4.69) is 29.0 Å². The van der Waals surface area contributed by atoms with Gasteiger partial charge in [0.25, 0.3) is 0 Å². The molecular weight excluding hydrogens is 351 g/mol. The first-order valence-corrected chi connectivity index (χ1v) is 9.40. The maximum atomic E-state index is 8.39. The van der Waals surface area contributed by atoms with Crippen LogP contribution in [0, 0.1) is 5.41 Å². The Morgan fingerprint density at radius 1 is 1.16 bits per heavy atom. The SMILES string of the molecule is CC(=N)C(Cc1c(Cl)cccc1Cl)c1cn2c3c(cccc13)CCC2. The van der Waals surface area contributed by atoms with Crippen LogP contribution in [-0.4, -0.2) is 10.3 Å². The van der Waals surface area contributed by atoms with Crippen LogP contribution in [0.5, 0.6) is 0 Å². The molecule has 128 valence electrons. The number of nitrogens with zero attached hydrogens (tertiary/aromatic N) is 1. The standard InChI is InChI=1S/C21H20Cl2N2/c1-13(24)16(11-17-19(22)8-3-9-20(17)23)18-12-25-10-4-6-14-5-2-7-15(18)21(14)25/h2-3,5,7-9,12,16,24H,4,6,10-11H2,1H3. The van der Waals surface area contributed by atoms with Crippen molar-refractivity contribution < 1.29 is 0 Å². The number of para-hydroxylation sites is 1. The number of halogens is 2. The van der Waals surface area contributed by atoms with Crippen LogP contribution in [0.3, 0.4) is 0 Å². The van der Waals surface area contributed by atoms with Crippen molar-refractivity contribution >= 4 is 39.8 Å². The Hall–Kier alpha value is -1.77. The molecule has 4 rings (SSSR count). The number of aromatic nitrogens is 1. The maximum absolute atomic E-state index is 8.39. The summed E-state index contributed by atoms with van der Waals surface area (Å²) >= 11 is 12.8. The normalized spacial score (nSPS) is 14.7. The minimum absolute atomic E-state index is 0.0190. The van der Waals surface area contributed by atoms with E-state index >= 15 is 0 Å². The lowest BCUT2D eigenvalue weighted by molar-refractivity contribution is 0.633. The highest BCUT2D eigenvalue weighted by Gasteiger charge is 2.24. The first kappa shape index (κ1) is 16.7. The molecule has 2 aromatic carbocycles. The van der Waals surface area contributed by atoms with E-state index < -0.39 is 0 Å². The average molecular weight is 371 g/mol. The van der Waals surface area contributed by atoms with Crippen molar-refractivity contribution in [3.63, 3.8) is 0 Å². The van der Waals surface area contributed by atoms with Crippen LogP contribution in [0.2, 0.25) is 10.0 Å². The van der Waals surface area contributed by atoms with E-state index in [1.807, 2.05) is 25.1 Å². The molecule has 0 bridgehead atoms. The summed E-state index contributed by atoms with van der Waals surface area (Å²) in [5, 5.41) is 11.0. The van der Waals surface area contributed by atoms with Crippen LogP contribution in [-0.2, 0) is 19.4 Å². The second kappa shape index (κ2) is 6.51. The number of aryl methyl sites for hydroxylation is 2. The lowest BCUT2D eigenvalue weighted by Gasteiger charge is -2.17. The van der Waals surface area contributed by atoms with Crippen LogP contribution in [0.15, 0.2) is 42.6 Å². The molecule has 1 aliphatic heterocycles. The zero-order valence-corrected chi connectivity index (χ0v) is 15.7. The summed E-state index contributed by atoms with van der Waals surface area (Å²) in [6.45, 7) is 2.92. The molecule has 0 amide bonds. The summed E-state index contributed by atoms with van der Waals surface area (Å²) in [6, 6.07) is 12.1. The summed E-state index contributed by atoms with van der Waals surface area (Å²) < 4.78 is 2.35. The molecule has 4 heteroatoms. The van der Waals surface area contributed by atoms with Crippen LogP contribution >= 0.6 is 23.2 Å². The molecule has 0 saturated heterocycles. The quantitative estimate of drug-likeness (QED) is 0.525. The Labute approximate surface area is 157 Å². The summed E-state index contributed by atoms with van der Waals surface area (Å²) in [7, 11) is 0. The molecule has 0 spiro atoms. The minimum atomic E-state index is -0.0190. The fourth-order valence-electron chi connectivity index (χ4n) is 3.99. The number of benzene rings is 2. The highest BCUT2D eigenvalue weighted by Crippen LogP contribution is 2.37. The molecular formula is C21H20Cl2N2. The van der Waals surface area contributed by atoms with Gasteiger partial charge in [-0.3, -0.25) is 0 Å². The largest absolute Gasteiger partial charge is 0.347 e. The molecule has 1 atom stereocenters. The number of hydrogen-bond donors (Lipinski definition) is 1. The van der Waals surface area contributed by atoms with E-state index in [0.717, 1.165) is 18.5 Å². The molecule has 1 aromatic heterocycles. The van der Waals surface area contributed by atoms with Gasteiger partial charge < -0.3 is 9.98 Å². The van der Waals surface area contributed by atoms with Crippen molar-refractivity contribution in [2.45, 2.75) is 38.6 Å². The van der Waals surface area contributed by atoms with Crippen molar-refractivity contribution in [2.75, 3.05) is 0 Å². The molecule has 3 aromatic rings. The second-order valence-electron chi connectivity index (χ2n) is 6.83. The van der Waals surface area contributed by atoms with E-state index in [-0.39, 0.29) is 5.92 Å². The van der Waals surface area contributed by atoms with E-state index in [9.17, 15) is 0 Å². The zero-order valence-electron chi connectivity index (χ0n) is 14.2. The van der Waals surface area contributed by atoms with Gasteiger partial charge in [-0.1, -0.05) is 47.5 Å². The fourth-order valence-corrected chi connectivity index (χ4v) is 4.54. The summed E-state index contributed by atoms with van der Waals surface area (Å²) in [6.07, 6.45) is 5.19. The molecule has 1 unspecified atom stereocenters. The molecule has 1 aliphatic rings. The van der Waals surface area contributed by atoms with Gasteiger partial charge in [-0.25, -0.2) is 0 Å². The highest BCUT2D eigenvalue weighted by molar-refractivity contribution is 6.36. The molecule has 1 N–H and O–H groups in total. The average Bonchev–Trinajstić information content (AvgIpc) is 2.95. The van der Waals surface area contributed by atoms with Crippen LogP contribution < -0.4 is 0 Å². The lowest BCUT2D eigenvalue weighted by atomic mass is 9.88. The fraction of sp³-hybridized carbons (Fsp3) is 0.286. The summed E-state index contributed by atoms with van der Waals surface area (Å²) in [5.41, 5.74) is 5.52.